The first kappa shape index (κ1) is 10.5. The van der Waals surface area contributed by atoms with Crippen molar-refractivity contribution in [2.45, 2.75) is 0 Å². The number of anilines is 2. The van der Waals surface area contributed by atoms with Crippen LogP contribution < -0.4 is 10.9 Å². The Morgan fingerprint density at radius 3 is 2.44 bits per heavy atom. The Kier molecular flexibility index (Phi) is 2.75. The van der Waals surface area contributed by atoms with Crippen LogP contribution in [0.5, 0.6) is 0 Å². The Labute approximate surface area is 105 Å². The van der Waals surface area contributed by atoms with Crippen LogP contribution in [-0.2, 0) is 0 Å². The smallest absolute Gasteiger partial charge is 0.145 e. The summed E-state index contributed by atoms with van der Waals surface area (Å²) in [5.41, 5.74) is 6.99. The summed E-state index contributed by atoms with van der Waals surface area (Å²) in [4.78, 5) is 8.64. The maximum Gasteiger partial charge on any atom is 0.145 e. The summed E-state index contributed by atoms with van der Waals surface area (Å²) in [6.07, 6.45) is 1.73. The maximum atomic E-state index is 4.49. The predicted molar refractivity (Wildman–Crippen MR) is 73.2 cm³/mol. The molecule has 0 aliphatic heterocycles. The molecule has 0 saturated heterocycles. The summed E-state index contributed by atoms with van der Waals surface area (Å²) < 4.78 is 0. The molecule has 3 rings (SSSR count). The summed E-state index contributed by atoms with van der Waals surface area (Å²) in [5, 5.41) is 1.13. The molecular formula is C14H12N4. The molecule has 0 atom stereocenters. The summed E-state index contributed by atoms with van der Waals surface area (Å²) in [7, 11) is 0. The molecule has 0 spiro atoms. The lowest BCUT2D eigenvalue weighted by Crippen LogP contribution is -2.10. The van der Waals surface area contributed by atoms with Gasteiger partial charge in [-0.05, 0) is 30.3 Å². The molecule has 3 aromatic rings. The molecule has 1 aromatic carbocycles. The third-order valence-corrected chi connectivity index (χ3v) is 2.58. The molecule has 0 saturated carbocycles. The third-order valence-electron chi connectivity index (χ3n) is 2.58. The zero-order valence-electron chi connectivity index (χ0n) is 9.67. The lowest BCUT2D eigenvalue weighted by Gasteiger charge is -2.08. The number of hydrazine groups is 1. The summed E-state index contributed by atoms with van der Waals surface area (Å²) in [6, 6.07) is 17.6. The Hall–Kier alpha value is -2.62. The van der Waals surface area contributed by atoms with E-state index in [1.807, 2.05) is 54.6 Å². The molecular weight excluding hydrogens is 224 g/mol. The highest BCUT2D eigenvalue weighted by molar-refractivity contribution is 5.80. The topological polar surface area (TPSA) is 49.8 Å². The lowest BCUT2D eigenvalue weighted by atomic mass is 10.2. The van der Waals surface area contributed by atoms with E-state index in [2.05, 4.69) is 20.8 Å². The first-order chi connectivity index (χ1) is 8.92. The third kappa shape index (κ3) is 2.22. The van der Waals surface area contributed by atoms with Crippen LogP contribution in [0.3, 0.4) is 0 Å². The summed E-state index contributed by atoms with van der Waals surface area (Å²) in [5.74, 6) is 1.52. The van der Waals surface area contributed by atoms with E-state index in [1.54, 1.807) is 6.20 Å². The van der Waals surface area contributed by atoms with E-state index in [0.29, 0.717) is 0 Å². The molecule has 0 unspecified atom stereocenters. The molecule has 2 N–H and O–H groups in total. The number of rotatable bonds is 3. The lowest BCUT2D eigenvalue weighted by molar-refractivity contribution is 1.24. The molecule has 0 amide bonds. The van der Waals surface area contributed by atoms with Gasteiger partial charge in [0.05, 0.1) is 5.52 Å². The van der Waals surface area contributed by atoms with Crippen molar-refractivity contribution >= 4 is 22.5 Å². The van der Waals surface area contributed by atoms with Crippen LogP contribution in [-0.4, -0.2) is 9.97 Å². The fraction of sp³-hybridized carbons (Fsp3) is 0. The zero-order valence-corrected chi connectivity index (χ0v) is 9.67. The van der Waals surface area contributed by atoms with Gasteiger partial charge in [-0.3, -0.25) is 10.9 Å². The van der Waals surface area contributed by atoms with Gasteiger partial charge >= 0.3 is 0 Å². The molecule has 88 valence electrons. The summed E-state index contributed by atoms with van der Waals surface area (Å²) in [6.45, 7) is 0. The Balaban J connectivity index is 1.79. The molecule has 2 aromatic heterocycles. The van der Waals surface area contributed by atoms with E-state index >= 15 is 0 Å². The maximum absolute atomic E-state index is 4.49. The van der Waals surface area contributed by atoms with E-state index in [0.717, 1.165) is 22.5 Å². The number of para-hydroxylation sites is 1. The van der Waals surface area contributed by atoms with E-state index < -0.39 is 0 Å². The SMILES string of the molecule is c1ccc(NNc2ccc3ccccc3n2)nc1. The van der Waals surface area contributed by atoms with Crippen LogP contribution in [0.4, 0.5) is 11.6 Å². The fourth-order valence-corrected chi connectivity index (χ4v) is 1.70. The number of aromatic nitrogens is 2. The second-order valence-electron chi connectivity index (χ2n) is 3.85. The minimum atomic E-state index is 0.757. The van der Waals surface area contributed by atoms with Gasteiger partial charge in [-0.25, -0.2) is 9.97 Å². The zero-order chi connectivity index (χ0) is 12.2. The van der Waals surface area contributed by atoms with Crippen LogP contribution in [0, 0.1) is 0 Å². The highest BCUT2D eigenvalue weighted by atomic mass is 15.4. The van der Waals surface area contributed by atoms with Crippen molar-refractivity contribution in [3.8, 4) is 0 Å². The molecule has 4 heteroatoms. The van der Waals surface area contributed by atoms with Crippen molar-refractivity contribution in [2.24, 2.45) is 0 Å². The van der Waals surface area contributed by atoms with Gasteiger partial charge < -0.3 is 0 Å². The average Bonchev–Trinajstić information content (AvgIpc) is 2.46. The van der Waals surface area contributed by atoms with Gasteiger partial charge in [0.25, 0.3) is 0 Å². The van der Waals surface area contributed by atoms with Crippen molar-refractivity contribution in [1.82, 2.24) is 9.97 Å². The minimum absolute atomic E-state index is 0.757. The van der Waals surface area contributed by atoms with Gasteiger partial charge in [-0.2, -0.15) is 0 Å². The molecule has 18 heavy (non-hydrogen) atoms. The number of hydrogen-bond acceptors (Lipinski definition) is 4. The standard InChI is InChI=1S/C14H12N4/c1-2-6-12-11(5-1)8-9-14(16-12)18-17-13-7-3-4-10-15-13/h1-10H,(H,15,17)(H,16,18). The van der Waals surface area contributed by atoms with Crippen LogP contribution in [0.25, 0.3) is 10.9 Å². The van der Waals surface area contributed by atoms with Crippen LogP contribution in [0.1, 0.15) is 0 Å². The van der Waals surface area contributed by atoms with E-state index in [9.17, 15) is 0 Å². The number of pyridine rings is 2. The number of nitrogens with one attached hydrogen (secondary N) is 2. The number of hydrogen-bond donors (Lipinski definition) is 2. The number of nitrogens with zero attached hydrogens (tertiary/aromatic N) is 2. The van der Waals surface area contributed by atoms with Crippen LogP contribution in [0.2, 0.25) is 0 Å². The molecule has 0 bridgehead atoms. The average molecular weight is 236 g/mol. The number of fused-ring (bicyclic) bond motifs is 1. The van der Waals surface area contributed by atoms with Crippen molar-refractivity contribution in [3.05, 3.63) is 60.8 Å². The van der Waals surface area contributed by atoms with Gasteiger partial charge in [0.15, 0.2) is 0 Å². The Morgan fingerprint density at radius 1 is 0.722 bits per heavy atom. The fourth-order valence-electron chi connectivity index (χ4n) is 1.70. The highest BCUT2D eigenvalue weighted by Crippen LogP contribution is 2.14. The first-order valence-electron chi connectivity index (χ1n) is 5.71. The molecule has 0 aliphatic carbocycles. The van der Waals surface area contributed by atoms with Gasteiger partial charge in [-0.15, -0.1) is 0 Å². The van der Waals surface area contributed by atoms with E-state index in [4.69, 9.17) is 0 Å². The van der Waals surface area contributed by atoms with Crippen molar-refractivity contribution in [1.29, 1.82) is 0 Å². The molecule has 0 fully saturated rings. The van der Waals surface area contributed by atoms with Gasteiger partial charge in [0.2, 0.25) is 0 Å². The van der Waals surface area contributed by atoms with E-state index in [-0.39, 0.29) is 0 Å². The van der Waals surface area contributed by atoms with Crippen molar-refractivity contribution < 1.29 is 0 Å². The van der Waals surface area contributed by atoms with Gasteiger partial charge in [0.1, 0.15) is 11.6 Å². The molecule has 2 heterocycles. The van der Waals surface area contributed by atoms with E-state index in [1.165, 1.54) is 0 Å². The molecule has 0 aliphatic rings. The first-order valence-corrected chi connectivity index (χ1v) is 5.71. The predicted octanol–water partition coefficient (Wildman–Crippen LogP) is 3.07. The van der Waals surface area contributed by atoms with Crippen LogP contribution >= 0.6 is 0 Å². The van der Waals surface area contributed by atoms with Crippen molar-refractivity contribution in [3.63, 3.8) is 0 Å². The van der Waals surface area contributed by atoms with Crippen LogP contribution in [0.15, 0.2) is 60.8 Å². The Bertz CT molecular complexity index is 652. The molecule has 0 radical (unpaired) electrons. The minimum Gasteiger partial charge on any atom is -0.283 e. The van der Waals surface area contributed by atoms with Gasteiger partial charge in [-0.1, -0.05) is 24.3 Å². The number of benzene rings is 1. The largest absolute Gasteiger partial charge is 0.283 e. The monoisotopic (exact) mass is 236 g/mol. The quantitative estimate of drug-likeness (QED) is 0.686. The second kappa shape index (κ2) is 4.71. The molecule has 4 nitrogen and oxygen atoms in total. The second-order valence-corrected chi connectivity index (χ2v) is 3.85. The Morgan fingerprint density at radius 2 is 1.56 bits per heavy atom. The summed E-state index contributed by atoms with van der Waals surface area (Å²) >= 11 is 0. The van der Waals surface area contributed by atoms with Gasteiger partial charge in [0, 0.05) is 11.6 Å². The normalized spacial score (nSPS) is 10.2. The van der Waals surface area contributed by atoms with Crippen molar-refractivity contribution in [2.75, 3.05) is 10.9 Å². The highest BCUT2D eigenvalue weighted by Gasteiger charge is 1.97.